The molecule has 0 fully saturated rings. The van der Waals surface area contributed by atoms with Crippen molar-refractivity contribution in [3.63, 3.8) is 0 Å². The predicted molar refractivity (Wildman–Crippen MR) is 71.7 cm³/mol. The molecule has 0 spiro atoms. The van der Waals surface area contributed by atoms with E-state index in [0.717, 1.165) is 0 Å². The molecule has 5 nitrogen and oxygen atoms in total. The lowest BCUT2D eigenvalue weighted by Crippen LogP contribution is -1.98. The van der Waals surface area contributed by atoms with Gasteiger partial charge in [-0.3, -0.25) is 10.1 Å². The van der Waals surface area contributed by atoms with Gasteiger partial charge in [-0.25, -0.2) is 4.98 Å². The summed E-state index contributed by atoms with van der Waals surface area (Å²) in [6.07, 6.45) is 1.50. The first-order valence-electron chi connectivity index (χ1n) is 5.23. The number of nitro groups is 1. The van der Waals surface area contributed by atoms with Gasteiger partial charge in [0.25, 0.3) is 5.69 Å². The van der Waals surface area contributed by atoms with Gasteiger partial charge in [-0.2, -0.15) is 0 Å². The van der Waals surface area contributed by atoms with Crippen LogP contribution in [0.15, 0.2) is 36.5 Å². The number of rotatable bonds is 4. The van der Waals surface area contributed by atoms with Crippen LogP contribution in [0.4, 0.5) is 5.69 Å². The zero-order valence-electron chi connectivity index (χ0n) is 9.55. The standard InChI is InChI=1S/C12H8Cl2N2O3/c13-11-5-12(14)15-6-8(11)7-19-10-3-1-2-9(4-10)16(17)18/h1-6H,7H2. The first kappa shape index (κ1) is 13.6. The normalized spacial score (nSPS) is 10.2. The van der Waals surface area contributed by atoms with Gasteiger partial charge in [0, 0.05) is 17.8 Å². The summed E-state index contributed by atoms with van der Waals surface area (Å²) >= 11 is 11.6. The molecule has 19 heavy (non-hydrogen) atoms. The first-order chi connectivity index (χ1) is 9.06. The molecule has 0 saturated carbocycles. The SMILES string of the molecule is O=[N+]([O-])c1cccc(OCc2cnc(Cl)cc2Cl)c1. The van der Waals surface area contributed by atoms with Crippen LogP contribution >= 0.6 is 23.2 Å². The maximum Gasteiger partial charge on any atom is 0.273 e. The van der Waals surface area contributed by atoms with Gasteiger partial charge in [0.05, 0.1) is 16.0 Å². The fourth-order valence-electron chi connectivity index (χ4n) is 1.39. The van der Waals surface area contributed by atoms with Gasteiger partial charge in [0.2, 0.25) is 0 Å². The van der Waals surface area contributed by atoms with Crippen molar-refractivity contribution in [1.82, 2.24) is 4.98 Å². The molecule has 2 rings (SSSR count). The number of benzene rings is 1. The second kappa shape index (κ2) is 5.86. The number of ether oxygens (including phenoxy) is 1. The predicted octanol–water partition coefficient (Wildman–Crippen LogP) is 3.88. The van der Waals surface area contributed by atoms with Crippen LogP contribution in [0.2, 0.25) is 10.2 Å². The van der Waals surface area contributed by atoms with Crippen LogP contribution in [-0.2, 0) is 6.61 Å². The summed E-state index contributed by atoms with van der Waals surface area (Å²) in [6, 6.07) is 7.43. The third kappa shape index (κ3) is 3.56. The number of halogens is 2. The second-order valence-electron chi connectivity index (χ2n) is 3.64. The fraction of sp³-hybridized carbons (Fsp3) is 0.0833. The van der Waals surface area contributed by atoms with Gasteiger partial charge < -0.3 is 4.74 Å². The molecule has 0 aliphatic rings. The molecular formula is C12H8Cl2N2O3. The van der Waals surface area contributed by atoms with Gasteiger partial charge in [-0.15, -0.1) is 0 Å². The van der Waals surface area contributed by atoms with Crippen molar-refractivity contribution in [1.29, 1.82) is 0 Å². The number of aromatic nitrogens is 1. The summed E-state index contributed by atoms with van der Waals surface area (Å²) in [5.74, 6) is 0.389. The van der Waals surface area contributed by atoms with E-state index in [1.807, 2.05) is 0 Å². The highest BCUT2D eigenvalue weighted by Gasteiger charge is 2.08. The third-order valence-corrected chi connectivity index (χ3v) is 2.88. The second-order valence-corrected chi connectivity index (χ2v) is 4.44. The largest absolute Gasteiger partial charge is 0.489 e. The lowest BCUT2D eigenvalue weighted by atomic mass is 10.3. The van der Waals surface area contributed by atoms with Gasteiger partial charge in [-0.05, 0) is 12.1 Å². The highest BCUT2D eigenvalue weighted by atomic mass is 35.5. The number of non-ortho nitro benzene ring substituents is 1. The molecule has 0 N–H and O–H groups in total. The fourth-order valence-corrected chi connectivity index (χ4v) is 1.81. The van der Waals surface area contributed by atoms with Crippen LogP contribution in [0, 0.1) is 10.1 Å². The summed E-state index contributed by atoms with van der Waals surface area (Å²) < 4.78 is 5.43. The van der Waals surface area contributed by atoms with Crippen LogP contribution in [-0.4, -0.2) is 9.91 Å². The van der Waals surface area contributed by atoms with Crippen LogP contribution in [0.5, 0.6) is 5.75 Å². The maximum atomic E-state index is 10.6. The van der Waals surface area contributed by atoms with Crippen LogP contribution < -0.4 is 4.74 Å². The molecule has 0 aliphatic heterocycles. The number of nitrogens with zero attached hydrogens (tertiary/aromatic N) is 2. The molecule has 1 aromatic carbocycles. The van der Waals surface area contributed by atoms with Crippen molar-refractivity contribution in [2.75, 3.05) is 0 Å². The summed E-state index contributed by atoms with van der Waals surface area (Å²) in [5.41, 5.74) is 0.621. The molecule has 0 atom stereocenters. The van der Waals surface area contributed by atoms with E-state index in [9.17, 15) is 10.1 Å². The Balaban J connectivity index is 2.10. The minimum Gasteiger partial charge on any atom is -0.489 e. The minimum absolute atomic E-state index is 0.0298. The molecule has 0 saturated heterocycles. The van der Waals surface area contributed by atoms with Gasteiger partial charge in [0.15, 0.2) is 0 Å². The van der Waals surface area contributed by atoms with Gasteiger partial charge in [0.1, 0.15) is 17.5 Å². The van der Waals surface area contributed by atoms with E-state index in [4.69, 9.17) is 27.9 Å². The number of nitro benzene ring substituents is 1. The lowest BCUT2D eigenvalue weighted by Gasteiger charge is -2.07. The van der Waals surface area contributed by atoms with E-state index in [2.05, 4.69) is 4.98 Å². The maximum absolute atomic E-state index is 10.6. The Hall–Kier alpha value is -1.85. The molecule has 0 amide bonds. The zero-order chi connectivity index (χ0) is 13.8. The summed E-state index contributed by atoms with van der Waals surface area (Å²) in [6.45, 7) is 0.157. The van der Waals surface area contributed by atoms with E-state index in [1.165, 1.54) is 24.4 Å². The monoisotopic (exact) mass is 298 g/mol. The third-order valence-electron chi connectivity index (χ3n) is 2.32. The van der Waals surface area contributed by atoms with E-state index >= 15 is 0 Å². The average Bonchev–Trinajstić information content (AvgIpc) is 2.38. The van der Waals surface area contributed by atoms with Gasteiger partial charge in [-0.1, -0.05) is 29.3 Å². The Morgan fingerprint density at radius 2 is 2.11 bits per heavy atom. The number of hydrogen-bond acceptors (Lipinski definition) is 4. The van der Waals surface area contributed by atoms with Crippen molar-refractivity contribution in [2.45, 2.75) is 6.61 Å². The van der Waals surface area contributed by atoms with E-state index < -0.39 is 4.92 Å². The molecule has 0 bridgehead atoms. The van der Waals surface area contributed by atoms with Crippen molar-refractivity contribution < 1.29 is 9.66 Å². The molecule has 98 valence electrons. The molecule has 0 radical (unpaired) electrons. The highest BCUT2D eigenvalue weighted by Crippen LogP contribution is 2.23. The van der Waals surface area contributed by atoms with Crippen LogP contribution in [0.25, 0.3) is 0 Å². The molecule has 0 unspecified atom stereocenters. The number of pyridine rings is 1. The van der Waals surface area contributed by atoms with Gasteiger partial charge >= 0.3 is 0 Å². The molecular weight excluding hydrogens is 291 g/mol. The molecule has 1 heterocycles. The molecule has 7 heteroatoms. The molecule has 1 aromatic heterocycles. The summed E-state index contributed by atoms with van der Waals surface area (Å²) in [4.78, 5) is 14.0. The average molecular weight is 299 g/mol. The summed E-state index contributed by atoms with van der Waals surface area (Å²) in [7, 11) is 0. The van der Waals surface area contributed by atoms with E-state index in [-0.39, 0.29) is 12.3 Å². The van der Waals surface area contributed by atoms with Crippen molar-refractivity contribution in [3.8, 4) is 5.75 Å². The van der Waals surface area contributed by atoms with Crippen LogP contribution in [0.3, 0.4) is 0 Å². The Bertz CT molecular complexity index is 620. The zero-order valence-corrected chi connectivity index (χ0v) is 11.1. The lowest BCUT2D eigenvalue weighted by molar-refractivity contribution is -0.384. The smallest absolute Gasteiger partial charge is 0.273 e. The Morgan fingerprint density at radius 3 is 2.79 bits per heavy atom. The van der Waals surface area contributed by atoms with Crippen molar-refractivity contribution in [3.05, 3.63) is 62.4 Å². The summed E-state index contributed by atoms with van der Waals surface area (Å²) in [5, 5.41) is 11.4. The minimum atomic E-state index is -0.482. The Kier molecular flexibility index (Phi) is 4.19. The first-order valence-corrected chi connectivity index (χ1v) is 5.99. The Morgan fingerprint density at radius 1 is 1.32 bits per heavy atom. The van der Waals surface area contributed by atoms with E-state index in [0.29, 0.717) is 21.5 Å². The topological polar surface area (TPSA) is 65.3 Å². The van der Waals surface area contributed by atoms with Crippen molar-refractivity contribution in [2.24, 2.45) is 0 Å². The van der Waals surface area contributed by atoms with E-state index in [1.54, 1.807) is 12.1 Å². The van der Waals surface area contributed by atoms with Crippen molar-refractivity contribution >= 4 is 28.9 Å². The number of hydrogen-bond donors (Lipinski definition) is 0. The highest BCUT2D eigenvalue weighted by molar-refractivity contribution is 6.34. The van der Waals surface area contributed by atoms with Crippen LogP contribution in [0.1, 0.15) is 5.56 Å². The molecule has 0 aliphatic carbocycles. The Labute approximate surface area is 118 Å². The quantitative estimate of drug-likeness (QED) is 0.488. The molecule has 2 aromatic rings.